The molecule has 1 unspecified atom stereocenters. The standard InChI is InChI=1S/C12H16ClN3O2.ClH/c1-14-11-4-5-15(8-11)7-9-6-10(13)2-3-12(9)16(17)18;/h2-3,6,11,14H,4-5,7-8H2,1H3;1H. The highest BCUT2D eigenvalue weighted by Crippen LogP contribution is 2.25. The predicted molar refractivity (Wildman–Crippen MR) is 78.1 cm³/mol. The molecule has 0 aliphatic carbocycles. The third-order valence-electron chi connectivity index (χ3n) is 3.31. The molecular formula is C12H17Cl2N3O2. The number of rotatable bonds is 4. The van der Waals surface area contributed by atoms with Gasteiger partial charge in [0.25, 0.3) is 5.69 Å². The normalized spacial score (nSPS) is 19.2. The molecule has 0 bridgehead atoms. The summed E-state index contributed by atoms with van der Waals surface area (Å²) >= 11 is 5.91. The van der Waals surface area contributed by atoms with Crippen LogP contribution in [0.5, 0.6) is 0 Å². The fraction of sp³-hybridized carbons (Fsp3) is 0.500. The number of hydrogen-bond acceptors (Lipinski definition) is 4. The van der Waals surface area contributed by atoms with Gasteiger partial charge >= 0.3 is 0 Å². The second-order valence-electron chi connectivity index (χ2n) is 4.54. The molecule has 1 fully saturated rings. The van der Waals surface area contributed by atoms with Crippen LogP contribution in [-0.4, -0.2) is 36.0 Å². The summed E-state index contributed by atoms with van der Waals surface area (Å²) in [4.78, 5) is 12.8. The van der Waals surface area contributed by atoms with Crippen LogP contribution in [0.25, 0.3) is 0 Å². The average molecular weight is 306 g/mol. The van der Waals surface area contributed by atoms with Crippen molar-refractivity contribution in [3.05, 3.63) is 38.9 Å². The molecule has 0 radical (unpaired) electrons. The summed E-state index contributed by atoms with van der Waals surface area (Å²) in [6.45, 7) is 2.45. The molecule has 0 aromatic heterocycles. The van der Waals surface area contributed by atoms with Crippen LogP contribution in [0.3, 0.4) is 0 Å². The van der Waals surface area contributed by atoms with Gasteiger partial charge in [-0.1, -0.05) is 11.6 Å². The van der Waals surface area contributed by atoms with Gasteiger partial charge < -0.3 is 5.32 Å². The van der Waals surface area contributed by atoms with Crippen molar-refractivity contribution in [1.82, 2.24) is 10.2 Å². The zero-order valence-corrected chi connectivity index (χ0v) is 12.2. The maximum atomic E-state index is 11.0. The van der Waals surface area contributed by atoms with Crippen molar-refractivity contribution >= 4 is 29.7 Å². The van der Waals surface area contributed by atoms with E-state index < -0.39 is 0 Å². The monoisotopic (exact) mass is 305 g/mol. The van der Waals surface area contributed by atoms with Gasteiger partial charge in [-0.15, -0.1) is 12.4 Å². The van der Waals surface area contributed by atoms with E-state index in [-0.39, 0.29) is 23.0 Å². The Morgan fingerprint density at radius 3 is 2.89 bits per heavy atom. The average Bonchev–Trinajstić information content (AvgIpc) is 2.76. The summed E-state index contributed by atoms with van der Waals surface area (Å²) in [6.07, 6.45) is 1.07. The van der Waals surface area contributed by atoms with Crippen LogP contribution in [0.15, 0.2) is 18.2 Å². The smallest absolute Gasteiger partial charge is 0.273 e. The van der Waals surface area contributed by atoms with Gasteiger partial charge in [0.2, 0.25) is 0 Å². The highest BCUT2D eigenvalue weighted by molar-refractivity contribution is 6.30. The van der Waals surface area contributed by atoms with Crippen LogP contribution in [0.4, 0.5) is 5.69 Å². The molecule has 1 N–H and O–H groups in total. The predicted octanol–water partition coefficient (Wildman–Crippen LogP) is 2.46. The largest absolute Gasteiger partial charge is 0.316 e. The number of nitrogens with one attached hydrogen (secondary N) is 1. The van der Waals surface area contributed by atoms with Crippen molar-refractivity contribution in [3.63, 3.8) is 0 Å². The molecule has 1 atom stereocenters. The number of halogens is 2. The lowest BCUT2D eigenvalue weighted by Gasteiger charge is -2.16. The Labute approximate surface area is 123 Å². The van der Waals surface area contributed by atoms with Gasteiger partial charge in [0, 0.05) is 42.3 Å². The topological polar surface area (TPSA) is 58.4 Å². The second kappa shape index (κ2) is 7.05. The Morgan fingerprint density at radius 2 is 2.32 bits per heavy atom. The van der Waals surface area contributed by atoms with Crippen molar-refractivity contribution < 1.29 is 4.92 Å². The van der Waals surface area contributed by atoms with Gasteiger partial charge in [-0.25, -0.2) is 0 Å². The maximum absolute atomic E-state index is 11.0. The Bertz CT molecular complexity index is 457. The highest BCUT2D eigenvalue weighted by Gasteiger charge is 2.23. The lowest BCUT2D eigenvalue weighted by atomic mass is 10.1. The third kappa shape index (κ3) is 4.04. The molecule has 7 heteroatoms. The van der Waals surface area contributed by atoms with Gasteiger partial charge in [0.05, 0.1) is 4.92 Å². The molecule has 1 aliphatic rings. The first-order valence-corrected chi connectivity index (χ1v) is 6.30. The summed E-state index contributed by atoms with van der Waals surface area (Å²) in [7, 11) is 1.94. The summed E-state index contributed by atoms with van der Waals surface area (Å²) in [5.74, 6) is 0. The molecule has 106 valence electrons. The molecule has 5 nitrogen and oxygen atoms in total. The molecule has 1 saturated heterocycles. The number of likely N-dealkylation sites (N-methyl/N-ethyl adjacent to an activating group) is 1. The van der Waals surface area contributed by atoms with Crippen LogP contribution in [0.2, 0.25) is 5.02 Å². The first-order chi connectivity index (χ1) is 8.60. The van der Waals surface area contributed by atoms with E-state index in [1.54, 1.807) is 12.1 Å². The van der Waals surface area contributed by atoms with Crippen molar-refractivity contribution in [2.45, 2.75) is 19.0 Å². The Hall–Kier alpha value is -0.880. The van der Waals surface area contributed by atoms with Crippen molar-refractivity contribution in [3.8, 4) is 0 Å². The first-order valence-electron chi connectivity index (χ1n) is 5.92. The SMILES string of the molecule is CNC1CCN(Cc2cc(Cl)ccc2[N+](=O)[O-])C1.Cl. The quantitative estimate of drug-likeness (QED) is 0.686. The van der Waals surface area contributed by atoms with Crippen LogP contribution in [0.1, 0.15) is 12.0 Å². The van der Waals surface area contributed by atoms with Crippen molar-refractivity contribution in [1.29, 1.82) is 0 Å². The highest BCUT2D eigenvalue weighted by atomic mass is 35.5. The van der Waals surface area contributed by atoms with E-state index in [0.29, 0.717) is 23.2 Å². The van der Waals surface area contributed by atoms with Gasteiger partial charge in [0.1, 0.15) is 0 Å². The van der Waals surface area contributed by atoms with E-state index in [1.807, 2.05) is 7.05 Å². The minimum atomic E-state index is -0.350. The van der Waals surface area contributed by atoms with E-state index in [4.69, 9.17) is 11.6 Å². The lowest BCUT2D eigenvalue weighted by Crippen LogP contribution is -2.29. The fourth-order valence-corrected chi connectivity index (χ4v) is 2.51. The minimum Gasteiger partial charge on any atom is -0.316 e. The third-order valence-corrected chi connectivity index (χ3v) is 3.55. The fourth-order valence-electron chi connectivity index (χ4n) is 2.31. The molecule has 1 heterocycles. The molecule has 1 aliphatic heterocycles. The molecular weight excluding hydrogens is 289 g/mol. The van der Waals surface area contributed by atoms with E-state index in [1.165, 1.54) is 6.07 Å². The van der Waals surface area contributed by atoms with Gasteiger partial charge in [0.15, 0.2) is 0 Å². The summed E-state index contributed by atoms with van der Waals surface area (Å²) < 4.78 is 0. The van der Waals surface area contributed by atoms with Crippen LogP contribution < -0.4 is 5.32 Å². The number of likely N-dealkylation sites (tertiary alicyclic amines) is 1. The summed E-state index contributed by atoms with van der Waals surface area (Å²) in [5, 5.41) is 14.7. The summed E-state index contributed by atoms with van der Waals surface area (Å²) in [5.41, 5.74) is 0.830. The van der Waals surface area contributed by atoms with Gasteiger partial charge in [-0.05, 0) is 25.6 Å². The van der Waals surface area contributed by atoms with E-state index in [9.17, 15) is 10.1 Å². The van der Waals surface area contributed by atoms with Gasteiger partial charge in [-0.3, -0.25) is 15.0 Å². The van der Waals surface area contributed by atoms with E-state index in [2.05, 4.69) is 10.2 Å². The number of hydrogen-bond donors (Lipinski definition) is 1. The van der Waals surface area contributed by atoms with Crippen molar-refractivity contribution in [2.24, 2.45) is 0 Å². The molecule has 2 rings (SSSR count). The summed E-state index contributed by atoms with van der Waals surface area (Å²) in [6, 6.07) is 5.20. The molecule has 1 aromatic carbocycles. The molecule has 19 heavy (non-hydrogen) atoms. The minimum absolute atomic E-state index is 0. The number of nitro benzene ring substituents is 1. The van der Waals surface area contributed by atoms with Crippen molar-refractivity contribution in [2.75, 3.05) is 20.1 Å². The maximum Gasteiger partial charge on any atom is 0.273 e. The molecule has 1 aromatic rings. The number of benzene rings is 1. The van der Waals surface area contributed by atoms with Crippen LogP contribution in [-0.2, 0) is 6.54 Å². The Kier molecular flexibility index (Phi) is 6.00. The lowest BCUT2D eigenvalue weighted by molar-refractivity contribution is -0.385. The van der Waals surface area contributed by atoms with Gasteiger partial charge in [-0.2, -0.15) is 0 Å². The molecule has 0 spiro atoms. The van der Waals surface area contributed by atoms with Crippen LogP contribution in [0, 0.1) is 10.1 Å². The number of nitro groups is 1. The second-order valence-corrected chi connectivity index (χ2v) is 4.98. The van der Waals surface area contributed by atoms with E-state index in [0.717, 1.165) is 19.5 Å². The first kappa shape index (κ1) is 16.2. The molecule has 0 amide bonds. The number of nitrogens with zero attached hydrogens (tertiary/aromatic N) is 2. The zero-order chi connectivity index (χ0) is 13.1. The zero-order valence-electron chi connectivity index (χ0n) is 10.6. The van der Waals surface area contributed by atoms with E-state index >= 15 is 0 Å². The Balaban J connectivity index is 0.00000180. The van der Waals surface area contributed by atoms with Crippen LogP contribution >= 0.6 is 24.0 Å². The molecule has 0 saturated carbocycles. The Morgan fingerprint density at radius 1 is 1.58 bits per heavy atom.